The van der Waals surface area contributed by atoms with E-state index < -0.39 is 14.9 Å². The van der Waals surface area contributed by atoms with Crippen LogP contribution >= 0.6 is 0 Å². The summed E-state index contributed by atoms with van der Waals surface area (Å²) in [5, 5.41) is 11.3. The lowest BCUT2D eigenvalue weighted by Gasteiger charge is -2.35. The highest BCUT2D eigenvalue weighted by molar-refractivity contribution is 7.89. The van der Waals surface area contributed by atoms with Crippen LogP contribution in [-0.2, 0) is 23.1 Å². The molecule has 0 N–H and O–H groups in total. The van der Waals surface area contributed by atoms with Crippen molar-refractivity contribution in [3.05, 3.63) is 106 Å². The molecule has 0 aliphatic heterocycles. The molecule has 0 saturated carbocycles. The van der Waals surface area contributed by atoms with Crippen LogP contribution in [0.4, 0.5) is 5.69 Å². The van der Waals surface area contributed by atoms with Crippen LogP contribution in [0.3, 0.4) is 0 Å². The molecule has 0 unspecified atom stereocenters. The van der Waals surface area contributed by atoms with E-state index in [0.717, 1.165) is 32.1 Å². The van der Waals surface area contributed by atoms with Gasteiger partial charge in [-0.25, -0.2) is 8.42 Å². The molecule has 0 heterocycles. The number of nitro groups is 1. The Morgan fingerprint density at radius 2 is 1.42 bits per heavy atom. The normalized spacial score (nSPS) is 12.4. The van der Waals surface area contributed by atoms with Gasteiger partial charge in [-0.3, -0.25) is 15.0 Å². The van der Waals surface area contributed by atoms with E-state index in [0.29, 0.717) is 13.1 Å². The number of nitrogens with zero attached hydrogens (tertiary/aromatic N) is 3. The fraction of sp³-hybridized carbons (Fsp3) is 0.400. The number of hydrogen-bond acceptors (Lipinski definition) is 5. The van der Waals surface area contributed by atoms with Gasteiger partial charge in [0.2, 0.25) is 10.0 Å². The standard InChI is InChI=1S/C30H39N3O4S/c1-25(2)21-32(38(36,37)29-17-11-16-28(20-29)33(34)35)24-30(3,4)18-19-31(22-26-12-7-5-8-13-26)23-27-14-9-6-10-15-27/h5-17,20,25H,18-19,21-24H2,1-4H3. The zero-order chi connectivity index (χ0) is 27.8. The average molecular weight is 538 g/mol. The smallest absolute Gasteiger partial charge is 0.270 e. The highest BCUT2D eigenvalue weighted by atomic mass is 32.2. The van der Waals surface area contributed by atoms with Gasteiger partial charge in [0.1, 0.15) is 0 Å². The van der Waals surface area contributed by atoms with E-state index in [2.05, 4.69) is 43.0 Å². The molecule has 38 heavy (non-hydrogen) atoms. The van der Waals surface area contributed by atoms with Crippen LogP contribution in [0.2, 0.25) is 0 Å². The largest absolute Gasteiger partial charge is 0.295 e. The predicted octanol–water partition coefficient (Wildman–Crippen LogP) is 6.36. The molecule has 0 aliphatic rings. The van der Waals surface area contributed by atoms with Crippen molar-refractivity contribution >= 4 is 15.7 Å². The van der Waals surface area contributed by atoms with Gasteiger partial charge in [0.25, 0.3) is 5.69 Å². The van der Waals surface area contributed by atoms with Crippen molar-refractivity contribution in [2.45, 2.75) is 52.1 Å². The molecular formula is C30H39N3O4S. The molecule has 3 rings (SSSR count). The summed E-state index contributed by atoms with van der Waals surface area (Å²) in [5.74, 6) is 0.104. The van der Waals surface area contributed by atoms with Gasteiger partial charge in [-0.2, -0.15) is 4.31 Å². The molecule has 0 saturated heterocycles. The number of hydrogen-bond donors (Lipinski definition) is 0. The van der Waals surface area contributed by atoms with Gasteiger partial charge in [-0.05, 0) is 41.5 Å². The molecule has 3 aromatic rings. The Morgan fingerprint density at radius 3 is 1.92 bits per heavy atom. The highest BCUT2D eigenvalue weighted by Gasteiger charge is 2.32. The van der Waals surface area contributed by atoms with Gasteiger partial charge in [0.05, 0.1) is 9.82 Å². The van der Waals surface area contributed by atoms with E-state index in [9.17, 15) is 18.5 Å². The summed E-state index contributed by atoms with van der Waals surface area (Å²) < 4.78 is 28.8. The summed E-state index contributed by atoms with van der Waals surface area (Å²) >= 11 is 0. The van der Waals surface area contributed by atoms with E-state index in [1.165, 1.54) is 33.6 Å². The van der Waals surface area contributed by atoms with Crippen LogP contribution in [0.15, 0.2) is 89.8 Å². The topological polar surface area (TPSA) is 83.8 Å². The molecule has 0 aromatic heterocycles. The molecule has 8 heteroatoms. The average Bonchev–Trinajstić information content (AvgIpc) is 2.88. The van der Waals surface area contributed by atoms with E-state index in [1.807, 2.05) is 50.2 Å². The monoisotopic (exact) mass is 537 g/mol. The Balaban J connectivity index is 1.78. The first-order valence-corrected chi connectivity index (χ1v) is 14.4. The lowest BCUT2D eigenvalue weighted by Crippen LogP contribution is -2.42. The minimum atomic E-state index is -3.91. The Hall–Kier alpha value is -3.07. The first kappa shape index (κ1) is 29.5. The maximum atomic E-state index is 13.6. The third kappa shape index (κ3) is 8.75. The van der Waals surface area contributed by atoms with Crippen LogP contribution in [0.25, 0.3) is 0 Å². The number of sulfonamides is 1. The Labute approximate surface area is 227 Å². The van der Waals surface area contributed by atoms with Crippen LogP contribution in [0, 0.1) is 21.4 Å². The van der Waals surface area contributed by atoms with Gasteiger partial charge >= 0.3 is 0 Å². The lowest BCUT2D eigenvalue weighted by molar-refractivity contribution is -0.385. The quantitative estimate of drug-likeness (QED) is 0.176. The second-order valence-electron chi connectivity index (χ2n) is 11.0. The maximum absolute atomic E-state index is 13.6. The summed E-state index contributed by atoms with van der Waals surface area (Å²) in [6.07, 6.45) is 0.783. The highest BCUT2D eigenvalue weighted by Crippen LogP contribution is 2.29. The van der Waals surface area contributed by atoms with Crippen molar-refractivity contribution in [3.63, 3.8) is 0 Å². The molecule has 7 nitrogen and oxygen atoms in total. The number of benzene rings is 3. The molecule has 0 bridgehead atoms. The fourth-order valence-corrected chi connectivity index (χ4v) is 6.31. The van der Waals surface area contributed by atoms with Gasteiger partial charge in [0, 0.05) is 38.3 Å². The first-order chi connectivity index (χ1) is 18.0. The Morgan fingerprint density at radius 1 is 0.868 bits per heavy atom. The molecule has 3 aromatic carbocycles. The molecule has 0 radical (unpaired) electrons. The van der Waals surface area contributed by atoms with E-state index >= 15 is 0 Å². The molecule has 0 fully saturated rings. The Kier molecular flexibility index (Phi) is 10.2. The summed E-state index contributed by atoms with van der Waals surface area (Å²) in [4.78, 5) is 13.0. The molecule has 0 atom stereocenters. The summed E-state index contributed by atoms with van der Waals surface area (Å²) in [6, 6.07) is 26.0. The van der Waals surface area contributed by atoms with Crippen molar-refractivity contribution in [2.75, 3.05) is 19.6 Å². The number of non-ortho nitro benzene ring substituents is 1. The molecule has 0 amide bonds. The molecular weight excluding hydrogens is 498 g/mol. The first-order valence-electron chi connectivity index (χ1n) is 13.0. The third-order valence-electron chi connectivity index (χ3n) is 6.44. The van der Waals surface area contributed by atoms with Crippen molar-refractivity contribution in [1.29, 1.82) is 0 Å². The van der Waals surface area contributed by atoms with Crippen molar-refractivity contribution in [3.8, 4) is 0 Å². The zero-order valence-electron chi connectivity index (χ0n) is 22.8. The van der Waals surface area contributed by atoms with Crippen molar-refractivity contribution in [1.82, 2.24) is 9.21 Å². The summed E-state index contributed by atoms with van der Waals surface area (Å²) in [7, 11) is -3.91. The van der Waals surface area contributed by atoms with Crippen molar-refractivity contribution < 1.29 is 13.3 Å². The summed E-state index contributed by atoms with van der Waals surface area (Å²) in [6.45, 7) is 11.2. The Bertz CT molecular complexity index is 1240. The van der Waals surface area contributed by atoms with Gasteiger partial charge in [-0.1, -0.05) is 94.4 Å². The molecule has 204 valence electrons. The van der Waals surface area contributed by atoms with E-state index in [4.69, 9.17) is 0 Å². The SMILES string of the molecule is CC(C)CN(CC(C)(C)CCN(Cc1ccccc1)Cc1ccccc1)S(=O)(=O)c1cccc([N+](=O)[O-])c1. The maximum Gasteiger partial charge on any atom is 0.270 e. The molecule has 0 aliphatic carbocycles. The summed E-state index contributed by atoms with van der Waals surface area (Å²) in [5.41, 5.74) is 1.91. The number of rotatable bonds is 14. The minimum Gasteiger partial charge on any atom is -0.295 e. The van der Waals surface area contributed by atoms with E-state index in [1.54, 1.807) is 0 Å². The lowest BCUT2D eigenvalue weighted by atomic mass is 9.88. The van der Waals surface area contributed by atoms with Crippen LogP contribution in [0.1, 0.15) is 45.2 Å². The van der Waals surface area contributed by atoms with Gasteiger partial charge in [-0.15, -0.1) is 0 Å². The van der Waals surface area contributed by atoms with E-state index in [-0.39, 0.29) is 21.9 Å². The predicted molar refractivity (Wildman–Crippen MR) is 152 cm³/mol. The van der Waals surface area contributed by atoms with Crippen LogP contribution in [0.5, 0.6) is 0 Å². The third-order valence-corrected chi connectivity index (χ3v) is 8.25. The van der Waals surface area contributed by atoms with Crippen molar-refractivity contribution in [2.24, 2.45) is 11.3 Å². The zero-order valence-corrected chi connectivity index (χ0v) is 23.6. The minimum absolute atomic E-state index is 0.0436. The van der Waals surface area contributed by atoms with Gasteiger partial charge < -0.3 is 0 Å². The second-order valence-corrected chi connectivity index (χ2v) is 13.0. The van der Waals surface area contributed by atoms with Crippen LogP contribution in [-0.4, -0.2) is 42.2 Å². The van der Waals surface area contributed by atoms with Crippen LogP contribution < -0.4 is 0 Å². The second kappa shape index (κ2) is 13.1. The fourth-order valence-electron chi connectivity index (χ4n) is 4.48. The van der Waals surface area contributed by atoms with Gasteiger partial charge in [0.15, 0.2) is 0 Å². The molecule has 0 spiro atoms. The number of nitro benzene ring substituents is 1.